The largest absolute Gasteiger partial charge is 0.336 e. The molecule has 0 radical (unpaired) electrons. The summed E-state index contributed by atoms with van der Waals surface area (Å²) in [6.07, 6.45) is 0. The number of aromatic nitrogens is 2. The van der Waals surface area contributed by atoms with Crippen LogP contribution in [-0.2, 0) is 7.05 Å². The molecule has 1 amide bonds. The lowest BCUT2D eigenvalue weighted by Crippen LogP contribution is -2.40. The van der Waals surface area contributed by atoms with Crippen molar-refractivity contribution in [2.75, 3.05) is 13.6 Å². The molecule has 1 unspecified atom stereocenters. The molecule has 15 heavy (non-hydrogen) atoms. The summed E-state index contributed by atoms with van der Waals surface area (Å²) in [5.41, 5.74) is 6.95. The summed E-state index contributed by atoms with van der Waals surface area (Å²) < 4.78 is 1.59. The minimum atomic E-state index is -0.0453. The van der Waals surface area contributed by atoms with Crippen LogP contribution < -0.4 is 5.73 Å². The van der Waals surface area contributed by atoms with Crippen molar-refractivity contribution in [1.29, 1.82) is 0 Å². The molecule has 1 rings (SSSR count). The van der Waals surface area contributed by atoms with Crippen LogP contribution in [0, 0.1) is 6.92 Å². The zero-order chi connectivity index (χ0) is 11.6. The molecule has 1 aromatic rings. The standard InChI is InChI=1S/C10H18N4O/c1-7-5-9(14(4)12-7)10(15)13(3)8(2)6-11/h5,8H,6,11H2,1-4H3. The monoisotopic (exact) mass is 210 g/mol. The molecule has 0 aliphatic carbocycles. The van der Waals surface area contributed by atoms with Gasteiger partial charge in [-0.1, -0.05) is 0 Å². The molecule has 1 heterocycles. The topological polar surface area (TPSA) is 64.2 Å². The van der Waals surface area contributed by atoms with Gasteiger partial charge < -0.3 is 10.6 Å². The number of nitrogens with zero attached hydrogens (tertiary/aromatic N) is 3. The Bertz CT molecular complexity index is 358. The lowest BCUT2D eigenvalue weighted by Gasteiger charge is -2.23. The van der Waals surface area contributed by atoms with E-state index in [1.165, 1.54) is 0 Å². The number of aryl methyl sites for hydroxylation is 2. The smallest absolute Gasteiger partial charge is 0.272 e. The van der Waals surface area contributed by atoms with E-state index in [1.807, 2.05) is 13.8 Å². The minimum absolute atomic E-state index is 0.0349. The summed E-state index contributed by atoms with van der Waals surface area (Å²) in [5.74, 6) is -0.0453. The van der Waals surface area contributed by atoms with Crippen molar-refractivity contribution < 1.29 is 4.79 Å². The third kappa shape index (κ3) is 2.36. The molecule has 5 heteroatoms. The minimum Gasteiger partial charge on any atom is -0.336 e. The highest BCUT2D eigenvalue weighted by atomic mass is 16.2. The third-order valence-corrected chi connectivity index (χ3v) is 2.54. The van der Waals surface area contributed by atoms with Crippen molar-refractivity contribution >= 4 is 5.91 Å². The average Bonchev–Trinajstić information content (AvgIpc) is 2.54. The first kappa shape index (κ1) is 11.7. The maximum Gasteiger partial charge on any atom is 0.272 e. The number of nitrogens with two attached hydrogens (primary N) is 1. The second-order valence-corrected chi connectivity index (χ2v) is 3.80. The first-order valence-electron chi connectivity index (χ1n) is 4.95. The van der Waals surface area contributed by atoms with Gasteiger partial charge in [-0.3, -0.25) is 9.48 Å². The van der Waals surface area contributed by atoms with Crippen molar-refractivity contribution in [2.45, 2.75) is 19.9 Å². The first-order chi connectivity index (χ1) is 6.97. The predicted octanol–water partition coefficient (Wildman–Crippen LogP) is 0.148. The summed E-state index contributed by atoms with van der Waals surface area (Å²) in [5, 5.41) is 4.14. The van der Waals surface area contributed by atoms with Gasteiger partial charge in [-0.25, -0.2) is 0 Å². The van der Waals surface area contributed by atoms with E-state index >= 15 is 0 Å². The fraction of sp³-hybridized carbons (Fsp3) is 0.600. The second-order valence-electron chi connectivity index (χ2n) is 3.80. The molecule has 0 aliphatic rings. The van der Waals surface area contributed by atoms with Gasteiger partial charge in [-0.15, -0.1) is 0 Å². The predicted molar refractivity (Wildman–Crippen MR) is 58.6 cm³/mol. The zero-order valence-electron chi connectivity index (χ0n) is 9.69. The molecule has 0 fully saturated rings. The molecular formula is C10H18N4O. The fourth-order valence-corrected chi connectivity index (χ4v) is 1.35. The van der Waals surface area contributed by atoms with Crippen LogP contribution >= 0.6 is 0 Å². The van der Waals surface area contributed by atoms with Gasteiger partial charge in [0, 0.05) is 26.7 Å². The quantitative estimate of drug-likeness (QED) is 0.772. The van der Waals surface area contributed by atoms with Crippen LogP contribution in [0.4, 0.5) is 0 Å². The maximum absolute atomic E-state index is 12.0. The molecule has 2 N–H and O–H groups in total. The Morgan fingerprint density at radius 3 is 2.73 bits per heavy atom. The van der Waals surface area contributed by atoms with Gasteiger partial charge in [0.1, 0.15) is 5.69 Å². The third-order valence-electron chi connectivity index (χ3n) is 2.54. The molecule has 0 aliphatic heterocycles. The van der Waals surface area contributed by atoms with Crippen molar-refractivity contribution in [1.82, 2.24) is 14.7 Å². The van der Waals surface area contributed by atoms with Gasteiger partial charge in [0.2, 0.25) is 0 Å². The molecule has 84 valence electrons. The molecule has 0 spiro atoms. The summed E-state index contributed by atoms with van der Waals surface area (Å²) in [7, 11) is 3.52. The van der Waals surface area contributed by atoms with Crippen LogP contribution in [-0.4, -0.2) is 40.2 Å². The van der Waals surface area contributed by atoms with Gasteiger partial charge in [-0.2, -0.15) is 5.10 Å². The molecule has 5 nitrogen and oxygen atoms in total. The average molecular weight is 210 g/mol. The molecular weight excluding hydrogens is 192 g/mol. The fourth-order valence-electron chi connectivity index (χ4n) is 1.35. The Balaban J connectivity index is 2.89. The van der Waals surface area contributed by atoms with E-state index in [4.69, 9.17) is 5.73 Å². The Hall–Kier alpha value is -1.36. The van der Waals surface area contributed by atoms with Gasteiger partial charge in [0.15, 0.2) is 0 Å². The van der Waals surface area contributed by atoms with Gasteiger partial charge in [0.05, 0.1) is 5.69 Å². The Morgan fingerprint density at radius 2 is 2.33 bits per heavy atom. The van der Waals surface area contributed by atoms with Crippen LogP contribution in [0.15, 0.2) is 6.07 Å². The van der Waals surface area contributed by atoms with Crippen molar-refractivity contribution in [2.24, 2.45) is 12.8 Å². The normalized spacial score (nSPS) is 12.6. The number of amides is 1. The number of likely N-dealkylation sites (N-methyl/N-ethyl adjacent to an activating group) is 1. The Kier molecular flexibility index (Phi) is 3.47. The van der Waals surface area contributed by atoms with Crippen LogP contribution in [0.25, 0.3) is 0 Å². The Morgan fingerprint density at radius 1 is 1.73 bits per heavy atom. The Labute approximate surface area is 89.9 Å². The maximum atomic E-state index is 12.0. The highest BCUT2D eigenvalue weighted by Crippen LogP contribution is 2.07. The molecule has 0 aromatic carbocycles. The summed E-state index contributed by atoms with van der Waals surface area (Å²) >= 11 is 0. The van der Waals surface area contributed by atoms with Crippen LogP contribution in [0.3, 0.4) is 0 Å². The number of rotatable bonds is 3. The molecule has 1 atom stereocenters. The first-order valence-corrected chi connectivity index (χ1v) is 4.95. The summed E-state index contributed by atoms with van der Waals surface area (Å²) in [6.45, 7) is 4.24. The van der Waals surface area contributed by atoms with Crippen molar-refractivity contribution in [3.05, 3.63) is 17.5 Å². The van der Waals surface area contributed by atoms with Crippen LogP contribution in [0.5, 0.6) is 0 Å². The van der Waals surface area contributed by atoms with E-state index in [2.05, 4.69) is 5.10 Å². The number of carbonyl (C=O) groups is 1. The second kappa shape index (κ2) is 4.44. The molecule has 0 saturated heterocycles. The number of hydrogen-bond acceptors (Lipinski definition) is 3. The van der Waals surface area contributed by atoms with Crippen molar-refractivity contribution in [3.8, 4) is 0 Å². The summed E-state index contributed by atoms with van der Waals surface area (Å²) in [4.78, 5) is 13.6. The van der Waals surface area contributed by atoms with E-state index in [1.54, 1.807) is 29.7 Å². The van der Waals surface area contributed by atoms with E-state index in [0.717, 1.165) is 5.69 Å². The van der Waals surface area contributed by atoms with Crippen LogP contribution in [0.1, 0.15) is 23.1 Å². The SMILES string of the molecule is Cc1cc(C(=O)N(C)C(C)CN)n(C)n1. The lowest BCUT2D eigenvalue weighted by atomic mass is 10.2. The summed E-state index contributed by atoms with van der Waals surface area (Å²) in [6, 6.07) is 1.81. The van der Waals surface area contributed by atoms with Gasteiger partial charge in [0.25, 0.3) is 5.91 Å². The zero-order valence-corrected chi connectivity index (χ0v) is 9.69. The molecule has 0 saturated carbocycles. The lowest BCUT2D eigenvalue weighted by molar-refractivity contribution is 0.0737. The highest BCUT2D eigenvalue weighted by Gasteiger charge is 2.19. The molecule has 0 bridgehead atoms. The number of hydrogen-bond donors (Lipinski definition) is 1. The number of carbonyl (C=O) groups excluding carboxylic acids is 1. The van der Waals surface area contributed by atoms with Crippen LogP contribution in [0.2, 0.25) is 0 Å². The van der Waals surface area contributed by atoms with E-state index in [-0.39, 0.29) is 11.9 Å². The van der Waals surface area contributed by atoms with E-state index in [9.17, 15) is 4.79 Å². The van der Waals surface area contributed by atoms with E-state index < -0.39 is 0 Å². The highest BCUT2D eigenvalue weighted by molar-refractivity contribution is 5.92. The molecule has 1 aromatic heterocycles. The van der Waals surface area contributed by atoms with Gasteiger partial charge >= 0.3 is 0 Å². The van der Waals surface area contributed by atoms with Crippen molar-refractivity contribution in [3.63, 3.8) is 0 Å². The van der Waals surface area contributed by atoms with E-state index in [0.29, 0.717) is 12.2 Å². The van der Waals surface area contributed by atoms with Gasteiger partial charge in [-0.05, 0) is 19.9 Å².